The Bertz CT molecular complexity index is 1240. The second-order valence-electron chi connectivity index (χ2n) is 8.37. The lowest BCUT2D eigenvalue weighted by molar-refractivity contribution is -0.139. The average molecular weight is 471 g/mol. The molecule has 0 atom stereocenters. The minimum Gasteiger partial charge on any atom is -0.493 e. The predicted molar refractivity (Wildman–Crippen MR) is 138 cm³/mol. The number of hydrogen-bond donors (Lipinski definition) is 0. The van der Waals surface area contributed by atoms with E-state index in [-0.39, 0.29) is 5.97 Å². The van der Waals surface area contributed by atoms with Crippen molar-refractivity contribution in [2.45, 2.75) is 27.2 Å². The van der Waals surface area contributed by atoms with Crippen LogP contribution in [-0.4, -0.2) is 25.2 Å². The summed E-state index contributed by atoms with van der Waals surface area (Å²) in [6.45, 7) is 13.2. The fraction of sp³-hybridized carbons (Fsp3) is 0.200. The summed E-state index contributed by atoms with van der Waals surface area (Å²) in [6, 6.07) is 21.7. The molecule has 0 amide bonds. The SMILES string of the molecule is C=C(C)C(=O)OCCCOc1ccc(-c2cccc(-c3ccc(OC(=O)C(=C)C)cc3)c2)cc1C. The minimum absolute atomic E-state index is 0.299. The first-order valence-electron chi connectivity index (χ1n) is 11.4. The van der Waals surface area contributed by atoms with Gasteiger partial charge in [0.15, 0.2) is 0 Å². The van der Waals surface area contributed by atoms with Crippen LogP contribution in [0.5, 0.6) is 11.5 Å². The van der Waals surface area contributed by atoms with Gasteiger partial charge >= 0.3 is 11.9 Å². The van der Waals surface area contributed by atoms with Gasteiger partial charge in [-0.25, -0.2) is 9.59 Å². The first kappa shape index (κ1) is 25.5. The van der Waals surface area contributed by atoms with Gasteiger partial charge in [0.1, 0.15) is 11.5 Å². The normalized spacial score (nSPS) is 10.4. The van der Waals surface area contributed by atoms with Crippen LogP contribution >= 0.6 is 0 Å². The molecule has 180 valence electrons. The van der Waals surface area contributed by atoms with Gasteiger partial charge < -0.3 is 14.2 Å². The Balaban J connectivity index is 1.64. The van der Waals surface area contributed by atoms with Gasteiger partial charge in [0.2, 0.25) is 0 Å². The van der Waals surface area contributed by atoms with Crippen LogP contribution in [0.1, 0.15) is 25.8 Å². The van der Waals surface area contributed by atoms with Crippen LogP contribution in [0.4, 0.5) is 0 Å². The molecule has 0 aliphatic carbocycles. The maximum atomic E-state index is 11.7. The highest BCUT2D eigenvalue weighted by atomic mass is 16.5. The Morgan fingerprint density at radius 2 is 1.34 bits per heavy atom. The molecule has 0 saturated heterocycles. The van der Waals surface area contributed by atoms with Gasteiger partial charge in [-0.2, -0.15) is 0 Å². The maximum absolute atomic E-state index is 11.7. The zero-order valence-corrected chi connectivity index (χ0v) is 20.4. The quantitative estimate of drug-likeness (QED) is 0.143. The van der Waals surface area contributed by atoms with Crippen LogP contribution in [0.3, 0.4) is 0 Å². The lowest BCUT2D eigenvalue weighted by Crippen LogP contribution is -2.09. The first-order valence-corrected chi connectivity index (χ1v) is 11.4. The summed E-state index contributed by atoms with van der Waals surface area (Å²) >= 11 is 0. The largest absolute Gasteiger partial charge is 0.493 e. The van der Waals surface area contributed by atoms with Crippen molar-refractivity contribution in [3.05, 3.63) is 96.6 Å². The molecule has 3 aromatic carbocycles. The third-order valence-electron chi connectivity index (χ3n) is 5.25. The number of ether oxygens (including phenoxy) is 3. The summed E-state index contributed by atoms with van der Waals surface area (Å²) in [5, 5.41) is 0. The number of esters is 2. The number of hydrogen-bond acceptors (Lipinski definition) is 5. The highest BCUT2D eigenvalue weighted by molar-refractivity contribution is 5.89. The molecule has 0 radical (unpaired) electrons. The second-order valence-corrected chi connectivity index (χ2v) is 8.37. The molecule has 35 heavy (non-hydrogen) atoms. The van der Waals surface area contributed by atoms with Crippen molar-refractivity contribution in [1.82, 2.24) is 0 Å². The van der Waals surface area contributed by atoms with E-state index < -0.39 is 5.97 Å². The van der Waals surface area contributed by atoms with Gasteiger partial charge in [0.05, 0.1) is 13.2 Å². The van der Waals surface area contributed by atoms with Crippen molar-refractivity contribution >= 4 is 11.9 Å². The van der Waals surface area contributed by atoms with E-state index in [2.05, 4.69) is 31.4 Å². The number of aryl methyl sites for hydroxylation is 1. The van der Waals surface area contributed by atoms with E-state index in [1.807, 2.05) is 43.3 Å². The first-order chi connectivity index (χ1) is 16.7. The van der Waals surface area contributed by atoms with Crippen molar-refractivity contribution in [1.29, 1.82) is 0 Å². The van der Waals surface area contributed by atoms with Gasteiger partial charge in [-0.3, -0.25) is 0 Å². The van der Waals surface area contributed by atoms with E-state index in [0.717, 1.165) is 33.6 Å². The lowest BCUT2D eigenvalue weighted by atomic mass is 9.98. The van der Waals surface area contributed by atoms with E-state index in [1.54, 1.807) is 26.0 Å². The van der Waals surface area contributed by atoms with Crippen LogP contribution < -0.4 is 9.47 Å². The fourth-order valence-electron chi connectivity index (χ4n) is 3.31. The number of carbonyl (C=O) groups excluding carboxylic acids is 2. The van der Waals surface area contributed by atoms with Crippen molar-refractivity contribution < 1.29 is 23.8 Å². The second kappa shape index (κ2) is 11.8. The number of benzene rings is 3. The van der Waals surface area contributed by atoms with Crippen molar-refractivity contribution in [3.63, 3.8) is 0 Å². The third-order valence-corrected chi connectivity index (χ3v) is 5.25. The lowest BCUT2D eigenvalue weighted by Gasteiger charge is -2.12. The molecule has 0 fully saturated rings. The summed E-state index contributed by atoms with van der Waals surface area (Å²) in [5.41, 5.74) is 6.02. The molecular formula is C30H30O5. The topological polar surface area (TPSA) is 61.8 Å². The molecule has 0 aromatic heterocycles. The summed E-state index contributed by atoms with van der Waals surface area (Å²) < 4.78 is 16.2. The number of carbonyl (C=O) groups is 2. The predicted octanol–water partition coefficient (Wildman–Crippen LogP) is 6.70. The molecular weight excluding hydrogens is 440 g/mol. The van der Waals surface area contributed by atoms with Gasteiger partial charge in [-0.15, -0.1) is 0 Å². The molecule has 0 unspecified atom stereocenters. The van der Waals surface area contributed by atoms with Gasteiger partial charge in [-0.05, 0) is 78.9 Å². The van der Waals surface area contributed by atoms with Crippen LogP contribution in [0, 0.1) is 6.92 Å². The van der Waals surface area contributed by atoms with Crippen LogP contribution in [0.25, 0.3) is 22.3 Å². The molecule has 3 rings (SSSR count). The molecule has 0 bridgehead atoms. The monoisotopic (exact) mass is 470 g/mol. The van der Waals surface area contributed by atoms with Crippen LogP contribution in [0.15, 0.2) is 91.0 Å². The molecule has 0 saturated carbocycles. The zero-order chi connectivity index (χ0) is 25.4. The van der Waals surface area contributed by atoms with E-state index >= 15 is 0 Å². The highest BCUT2D eigenvalue weighted by Gasteiger charge is 2.08. The molecule has 0 N–H and O–H groups in total. The van der Waals surface area contributed by atoms with E-state index in [4.69, 9.17) is 14.2 Å². The Kier molecular flexibility index (Phi) is 8.63. The summed E-state index contributed by atoms with van der Waals surface area (Å²) in [4.78, 5) is 23.1. The molecule has 3 aromatic rings. The minimum atomic E-state index is -0.436. The highest BCUT2D eigenvalue weighted by Crippen LogP contribution is 2.30. The van der Waals surface area contributed by atoms with Gasteiger partial charge in [0, 0.05) is 17.6 Å². The van der Waals surface area contributed by atoms with E-state index in [0.29, 0.717) is 36.5 Å². The Hall–Kier alpha value is -4.12. The van der Waals surface area contributed by atoms with Gasteiger partial charge in [0.25, 0.3) is 0 Å². The molecule has 0 heterocycles. The standard InChI is InChI=1S/C30H30O5/c1-20(2)29(31)34-17-7-16-33-28-15-12-26(18-22(28)5)25-9-6-8-24(19-25)23-10-13-27(14-11-23)35-30(32)21(3)4/h6,8-15,18-19H,1,3,7,16-17H2,2,4-5H3. The van der Waals surface area contributed by atoms with Crippen molar-refractivity contribution in [3.8, 4) is 33.8 Å². The average Bonchev–Trinajstić information content (AvgIpc) is 2.85. The van der Waals surface area contributed by atoms with E-state index in [9.17, 15) is 9.59 Å². The third kappa shape index (κ3) is 7.18. The molecule has 5 heteroatoms. The maximum Gasteiger partial charge on any atom is 0.338 e. The van der Waals surface area contributed by atoms with Crippen molar-refractivity contribution in [2.24, 2.45) is 0 Å². The molecule has 0 aliphatic heterocycles. The molecule has 0 aliphatic rings. The Morgan fingerprint density at radius 3 is 1.97 bits per heavy atom. The Labute approximate surface area is 206 Å². The summed E-state index contributed by atoms with van der Waals surface area (Å²) in [6.07, 6.45) is 0.605. The molecule has 5 nitrogen and oxygen atoms in total. The van der Waals surface area contributed by atoms with E-state index in [1.165, 1.54) is 0 Å². The van der Waals surface area contributed by atoms with Gasteiger partial charge in [-0.1, -0.05) is 49.6 Å². The van der Waals surface area contributed by atoms with Crippen LogP contribution in [-0.2, 0) is 14.3 Å². The number of rotatable bonds is 10. The summed E-state index contributed by atoms with van der Waals surface area (Å²) in [7, 11) is 0. The van der Waals surface area contributed by atoms with Crippen LogP contribution in [0.2, 0.25) is 0 Å². The molecule has 0 spiro atoms. The van der Waals surface area contributed by atoms with Crippen molar-refractivity contribution in [2.75, 3.05) is 13.2 Å². The fourth-order valence-corrected chi connectivity index (χ4v) is 3.31. The smallest absolute Gasteiger partial charge is 0.338 e. The zero-order valence-electron chi connectivity index (χ0n) is 20.4. The summed E-state index contributed by atoms with van der Waals surface area (Å²) in [5.74, 6) is 0.470. The Morgan fingerprint density at radius 1 is 0.743 bits per heavy atom.